The molecule has 2 aromatic rings. The number of nitrogens with one attached hydrogen (secondary N) is 2. The average Bonchev–Trinajstić information content (AvgIpc) is 3.47. The molecule has 3 aliphatic rings. The van der Waals surface area contributed by atoms with E-state index < -0.39 is 13.9 Å². The molecule has 1 heterocycles. The maximum atomic E-state index is 13.3. The van der Waals surface area contributed by atoms with E-state index in [2.05, 4.69) is 32.2 Å². The number of phosphoric ester groups is 1. The molecule has 2 unspecified atom stereocenters. The SMILES string of the molecule is COc1ccc(CNc2cc(N3CC4CC4C3)ccc2C(=O)NC2CCC(OP(=O)([O-])[O-])CC2)cc1C.[Na+].[Na+]. The standard InChI is InChI=1S/C27H36N3O6P.2Na/c1-17-11-18(3-10-26(17)35-2)14-28-25-13-22(30-15-19-12-20(19)16-30)6-9-24(25)27(31)29-21-4-7-23(8-5-21)36-37(32,33)34;;/h3,6,9-11,13,19-21,23,28H,4-5,7-8,12,14-16H2,1-2H3,(H,29,31)(H2,32,33,34);;/q;2*+1/p-2. The van der Waals surface area contributed by atoms with Crippen LogP contribution in [0.5, 0.6) is 5.75 Å². The number of methoxy groups -OCH3 is 1. The smallest absolute Gasteiger partial charge is 0.790 e. The van der Waals surface area contributed by atoms with E-state index >= 15 is 0 Å². The number of nitrogens with zero attached hydrogens (tertiary/aromatic N) is 1. The van der Waals surface area contributed by atoms with Crippen LogP contribution in [0.15, 0.2) is 36.4 Å². The molecule has 3 fully saturated rings. The van der Waals surface area contributed by atoms with Crippen molar-refractivity contribution in [3.63, 3.8) is 0 Å². The number of fused-ring (bicyclic) bond motifs is 1. The summed E-state index contributed by atoms with van der Waals surface area (Å²) in [6.07, 6.45) is 2.66. The number of benzene rings is 2. The van der Waals surface area contributed by atoms with Crippen molar-refractivity contribution in [2.75, 3.05) is 30.4 Å². The molecule has 39 heavy (non-hydrogen) atoms. The van der Waals surface area contributed by atoms with Gasteiger partial charge in [0, 0.05) is 37.1 Å². The molecule has 5 rings (SSSR count). The first-order valence-electron chi connectivity index (χ1n) is 13.0. The van der Waals surface area contributed by atoms with Crippen LogP contribution in [-0.2, 0) is 15.6 Å². The summed E-state index contributed by atoms with van der Waals surface area (Å²) in [4.78, 5) is 37.5. The predicted molar refractivity (Wildman–Crippen MR) is 138 cm³/mol. The molecule has 2 aliphatic carbocycles. The zero-order valence-corrected chi connectivity index (χ0v) is 28.2. The summed E-state index contributed by atoms with van der Waals surface area (Å²) in [6, 6.07) is 11.9. The van der Waals surface area contributed by atoms with Crippen LogP contribution < -0.4 is 89.2 Å². The molecule has 12 heteroatoms. The van der Waals surface area contributed by atoms with Crippen LogP contribution in [0.25, 0.3) is 0 Å². The first-order valence-corrected chi connectivity index (χ1v) is 14.4. The average molecular weight is 574 g/mol. The number of carbonyl (C=O) groups is 1. The molecule has 1 amide bonds. The summed E-state index contributed by atoms with van der Waals surface area (Å²) in [5, 5.41) is 6.58. The summed E-state index contributed by atoms with van der Waals surface area (Å²) in [5.74, 6) is 2.27. The first-order chi connectivity index (χ1) is 17.7. The third-order valence-corrected chi connectivity index (χ3v) is 8.38. The fourth-order valence-electron chi connectivity index (χ4n) is 5.69. The van der Waals surface area contributed by atoms with Crippen LogP contribution in [0.2, 0.25) is 0 Å². The Bertz CT molecular complexity index is 1190. The van der Waals surface area contributed by atoms with Gasteiger partial charge in [0.05, 0.1) is 26.6 Å². The molecule has 9 nitrogen and oxygen atoms in total. The monoisotopic (exact) mass is 573 g/mol. The fraction of sp³-hybridized carbons (Fsp3) is 0.519. The van der Waals surface area contributed by atoms with Crippen molar-refractivity contribution < 1.29 is 87.5 Å². The molecular formula is C27H34N3Na2O6P. The van der Waals surface area contributed by atoms with Crippen LogP contribution >= 0.6 is 7.82 Å². The molecule has 2 saturated carbocycles. The van der Waals surface area contributed by atoms with Gasteiger partial charge < -0.3 is 39.1 Å². The number of hydrogen-bond donors (Lipinski definition) is 2. The number of anilines is 2. The zero-order valence-electron chi connectivity index (χ0n) is 23.3. The number of hydrogen-bond acceptors (Lipinski definition) is 8. The largest absolute Gasteiger partial charge is 1.00 e. The van der Waals surface area contributed by atoms with Crippen LogP contribution in [0, 0.1) is 18.8 Å². The second-order valence-corrected chi connectivity index (χ2v) is 11.7. The summed E-state index contributed by atoms with van der Waals surface area (Å²) < 4.78 is 20.9. The molecule has 2 N–H and O–H groups in total. The van der Waals surface area contributed by atoms with Crippen molar-refractivity contribution >= 4 is 25.1 Å². The molecule has 2 aromatic carbocycles. The Morgan fingerprint density at radius 3 is 2.36 bits per heavy atom. The molecular weight excluding hydrogens is 539 g/mol. The van der Waals surface area contributed by atoms with Gasteiger partial charge in [-0.15, -0.1) is 0 Å². The second kappa shape index (κ2) is 14.1. The molecule has 0 radical (unpaired) electrons. The number of piperidine rings is 1. The van der Waals surface area contributed by atoms with E-state index in [1.807, 2.05) is 31.2 Å². The van der Waals surface area contributed by atoms with Gasteiger partial charge in [-0.1, -0.05) is 12.1 Å². The Hall–Kier alpha value is -0.580. The third kappa shape index (κ3) is 8.71. The number of amides is 1. The van der Waals surface area contributed by atoms with Gasteiger partial charge in [0.25, 0.3) is 5.91 Å². The van der Waals surface area contributed by atoms with Gasteiger partial charge in [-0.25, -0.2) is 0 Å². The van der Waals surface area contributed by atoms with Crippen molar-refractivity contribution in [2.45, 2.75) is 57.7 Å². The molecule has 200 valence electrons. The Morgan fingerprint density at radius 2 is 1.74 bits per heavy atom. The Morgan fingerprint density at radius 1 is 1.05 bits per heavy atom. The Balaban J connectivity index is 0.00000210. The molecule has 2 atom stereocenters. The van der Waals surface area contributed by atoms with Gasteiger partial charge in [-0.05, 0) is 86.3 Å². The normalized spacial score (nSPS) is 23.6. The second-order valence-electron chi connectivity index (χ2n) is 10.5. The van der Waals surface area contributed by atoms with E-state index in [0.717, 1.165) is 53.2 Å². The Labute approximate surface area is 274 Å². The summed E-state index contributed by atoms with van der Waals surface area (Å²) in [5.41, 5.74) is 4.61. The first kappa shape index (κ1) is 32.9. The molecule has 0 aromatic heterocycles. The predicted octanol–water partition coefficient (Wildman–Crippen LogP) is -3.03. The molecule has 1 saturated heterocycles. The van der Waals surface area contributed by atoms with Crippen molar-refractivity contribution in [3.05, 3.63) is 53.1 Å². The summed E-state index contributed by atoms with van der Waals surface area (Å²) in [6.45, 7) is 4.70. The molecule has 0 spiro atoms. The van der Waals surface area contributed by atoms with E-state index in [4.69, 9.17) is 4.74 Å². The van der Waals surface area contributed by atoms with Crippen molar-refractivity contribution in [1.82, 2.24) is 5.32 Å². The van der Waals surface area contributed by atoms with Gasteiger partial charge in [-0.2, -0.15) is 0 Å². The van der Waals surface area contributed by atoms with Crippen LogP contribution in [-0.4, -0.2) is 38.3 Å². The minimum atomic E-state index is -5.00. The van der Waals surface area contributed by atoms with Crippen LogP contribution in [0.4, 0.5) is 11.4 Å². The van der Waals surface area contributed by atoms with Crippen molar-refractivity contribution in [1.29, 1.82) is 0 Å². The molecule has 1 aliphatic heterocycles. The van der Waals surface area contributed by atoms with Crippen LogP contribution in [0.3, 0.4) is 0 Å². The topological polar surface area (TPSA) is 126 Å². The van der Waals surface area contributed by atoms with E-state index in [-0.39, 0.29) is 71.1 Å². The minimum absolute atomic E-state index is 0. The number of carbonyl (C=O) groups excluding carboxylic acids is 1. The minimum Gasteiger partial charge on any atom is -0.790 e. The number of ether oxygens (including phenoxy) is 1. The Kier molecular flexibility index (Phi) is 11.9. The van der Waals surface area contributed by atoms with Crippen LogP contribution in [0.1, 0.15) is 53.6 Å². The number of aryl methyl sites for hydroxylation is 1. The van der Waals surface area contributed by atoms with E-state index in [1.165, 1.54) is 6.42 Å². The van der Waals surface area contributed by atoms with Gasteiger partial charge in [0.2, 0.25) is 0 Å². The third-order valence-electron chi connectivity index (χ3n) is 7.82. The van der Waals surface area contributed by atoms with Gasteiger partial charge in [0.15, 0.2) is 0 Å². The fourth-order valence-corrected chi connectivity index (χ4v) is 6.26. The maximum Gasteiger partial charge on any atom is 1.00 e. The zero-order chi connectivity index (χ0) is 26.2. The van der Waals surface area contributed by atoms with E-state index in [1.54, 1.807) is 7.11 Å². The molecule has 0 bridgehead atoms. The summed E-state index contributed by atoms with van der Waals surface area (Å²) >= 11 is 0. The maximum absolute atomic E-state index is 13.3. The van der Waals surface area contributed by atoms with E-state index in [0.29, 0.717) is 37.8 Å². The van der Waals surface area contributed by atoms with E-state index in [9.17, 15) is 19.1 Å². The quantitative estimate of drug-likeness (QED) is 0.240. The number of rotatable bonds is 9. The van der Waals surface area contributed by atoms with Crippen molar-refractivity contribution in [2.24, 2.45) is 11.8 Å². The van der Waals surface area contributed by atoms with Gasteiger partial charge >= 0.3 is 59.1 Å². The van der Waals surface area contributed by atoms with Gasteiger partial charge in [0.1, 0.15) is 5.75 Å². The van der Waals surface area contributed by atoms with Crippen molar-refractivity contribution in [3.8, 4) is 5.75 Å². The summed E-state index contributed by atoms with van der Waals surface area (Å²) in [7, 11) is -3.34. The number of phosphoric acid groups is 1. The van der Waals surface area contributed by atoms with Gasteiger partial charge in [-0.3, -0.25) is 4.79 Å².